The first-order valence-corrected chi connectivity index (χ1v) is 9.60. The van der Waals surface area contributed by atoms with Crippen molar-refractivity contribution < 1.29 is 9.32 Å². The van der Waals surface area contributed by atoms with Crippen LogP contribution < -0.4 is 0 Å². The van der Waals surface area contributed by atoms with E-state index in [4.69, 9.17) is 0 Å². The van der Waals surface area contributed by atoms with Crippen molar-refractivity contribution in [3.05, 3.63) is 78.4 Å². The molecule has 3 heteroatoms. The zero-order valence-corrected chi connectivity index (χ0v) is 14.6. The van der Waals surface area contributed by atoms with Crippen LogP contribution in [0.4, 0.5) is 0 Å². The van der Waals surface area contributed by atoms with E-state index in [1.807, 2.05) is 79.7 Å². The van der Waals surface area contributed by atoms with Crippen molar-refractivity contribution in [2.45, 2.75) is 30.3 Å². The Hall–Kier alpha value is -1.97. The van der Waals surface area contributed by atoms with Crippen molar-refractivity contribution in [2.24, 2.45) is 0 Å². The molecular weight excluding hydrogens is 316 g/mol. The molecule has 0 saturated heterocycles. The Morgan fingerprint density at radius 3 is 2.33 bits per heavy atom. The first-order valence-electron chi connectivity index (χ1n) is 8.28. The molecule has 0 radical (unpaired) electrons. The maximum absolute atomic E-state index is 13.1. The summed E-state index contributed by atoms with van der Waals surface area (Å²) in [5, 5.41) is 13.3. The third kappa shape index (κ3) is 3.42. The summed E-state index contributed by atoms with van der Waals surface area (Å²) in [6, 6.07) is 23.4. The van der Waals surface area contributed by atoms with E-state index in [-0.39, 0.29) is 5.75 Å². The number of benzene rings is 3. The molecular formula is C21H22O2S. The molecule has 0 aliphatic heterocycles. The van der Waals surface area contributed by atoms with Gasteiger partial charge in [0.2, 0.25) is 0 Å². The van der Waals surface area contributed by atoms with Crippen molar-refractivity contribution in [1.29, 1.82) is 0 Å². The van der Waals surface area contributed by atoms with Gasteiger partial charge in [-0.2, -0.15) is 0 Å². The Labute approximate surface area is 145 Å². The predicted octanol–water partition coefficient (Wildman–Crippen LogP) is 4.64. The molecule has 0 aliphatic rings. The summed E-state index contributed by atoms with van der Waals surface area (Å²) in [4.78, 5) is 0.790. The number of fused-ring (bicyclic) bond motifs is 1. The van der Waals surface area contributed by atoms with Gasteiger partial charge in [-0.05, 0) is 28.8 Å². The third-order valence-electron chi connectivity index (χ3n) is 4.34. The fourth-order valence-corrected chi connectivity index (χ4v) is 4.71. The highest BCUT2D eigenvalue weighted by Gasteiger charge is 2.31. The maximum atomic E-state index is 13.1. The van der Waals surface area contributed by atoms with Gasteiger partial charge in [0.05, 0.1) is 16.6 Å². The summed E-state index contributed by atoms with van der Waals surface area (Å²) in [7, 11) is -1.28. The first kappa shape index (κ1) is 16.9. The van der Waals surface area contributed by atoms with Gasteiger partial charge in [-0.15, -0.1) is 0 Å². The van der Waals surface area contributed by atoms with Crippen molar-refractivity contribution >= 4 is 21.6 Å². The SMILES string of the molecule is CCC[C@@](O)(C[S@@](=O)c1cccc2ccccc12)c1ccccc1. The smallest absolute Gasteiger partial charge is 0.101 e. The van der Waals surface area contributed by atoms with Gasteiger partial charge in [0.25, 0.3) is 0 Å². The second-order valence-corrected chi connectivity index (χ2v) is 7.53. The molecule has 0 bridgehead atoms. The van der Waals surface area contributed by atoms with E-state index in [2.05, 4.69) is 0 Å². The molecule has 0 aromatic heterocycles. The van der Waals surface area contributed by atoms with E-state index in [9.17, 15) is 9.32 Å². The molecule has 2 nitrogen and oxygen atoms in total. The number of rotatable bonds is 6. The van der Waals surface area contributed by atoms with Crippen LogP contribution in [0, 0.1) is 0 Å². The first-order chi connectivity index (χ1) is 11.6. The molecule has 3 aromatic rings. The molecule has 2 atom stereocenters. The minimum absolute atomic E-state index is 0.207. The summed E-state index contributed by atoms with van der Waals surface area (Å²) >= 11 is 0. The van der Waals surface area contributed by atoms with Crippen LogP contribution in [0.5, 0.6) is 0 Å². The van der Waals surface area contributed by atoms with E-state index in [0.29, 0.717) is 6.42 Å². The number of hydrogen-bond acceptors (Lipinski definition) is 2. The minimum Gasteiger partial charge on any atom is -0.384 e. The van der Waals surface area contributed by atoms with Gasteiger partial charge in [0.15, 0.2) is 0 Å². The third-order valence-corrected chi connectivity index (χ3v) is 5.93. The van der Waals surface area contributed by atoms with E-state index < -0.39 is 16.4 Å². The minimum atomic E-state index is -1.28. The topological polar surface area (TPSA) is 37.3 Å². The summed E-state index contributed by atoms with van der Waals surface area (Å²) < 4.78 is 13.1. The fourth-order valence-electron chi connectivity index (χ4n) is 3.15. The molecule has 124 valence electrons. The molecule has 0 aliphatic carbocycles. The quantitative estimate of drug-likeness (QED) is 0.711. The van der Waals surface area contributed by atoms with Crippen molar-refractivity contribution in [2.75, 3.05) is 5.75 Å². The van der Waals surface area contributed by atoms with Crippen LogP contribution >= 0.6 is 0 Å². The van der Waals surface area contributed by atoms with Crippen LogP contribution in [-0.2, 0) is 16.4 Å². The Bertz CT molecular complexity index is 839. The largest absolute Gasteiger partial charge is 0.384 e. The molecule has 3 aromatic carbocycles. The number of aliphatic hydroxyl groups is 1. The highest BCUT2D eigenvalue weighted by atomic mass is 32.2. The predicted molar refractivity (Wildman–Crippen MR) is 100 cm³/mol. The van der Waals surface area contributed by atoms with Gasteiger partial charge in [-0.3, -0.25) is 4.21 Å². The Morgan fingerprint density at radius 1 is 0.917 bits per heavy atom. The van der Waals surface area contributed by atoms with Gasteiger partial charge in [0, 0.05) is 4.90 Å². The molecule has 0 heterocycles. The van der Waals surface area contributed by atoms with Crippen LogP contribution in [0.2, 0.25) is 0 Å². The van der Waals surface area contributed by atoms with E-state index in [1.165, 1.54) is 0 Å². The van der Waals surface area contributed by atoms with Gasteiger partial charge in [0.1, 0.15) is 5.60 Å². The van der Waals surface area contributed by atoms with Crippen molar-refractivity contribution in [1.82, 2.24) is 0 Å². The van der Waals surface area contributed by atoms with Gasteiger partial charge in [-0.25, -0.2) is 0 Å². The highest BCUT2D eigenvalue weighted by molar-refractivity contribution is 7.85. The molecule has 1 N–H and O–H groups in total. The Morgan fingerprint density at radius 2 is 1.58 bits per heavy atom. The van der Waals surface area contributed by atoms with Gasteiger partial charge >= 0.3 is 0 Å². The summed E-state index contributed by atoms with van der Waals surface area (Å²) in [5.41, 5.74) is -0.238. The van der Waals surface area contributed by atoms with Gasteiger partial charge in [-0.1, -0.05) is 80.1 Å². The molecule has 0 unspecified atom stereocenters. The van der Waals surface area contributed by atoms with Crippen LogP contribution in [0.25, 0.3) is 10.8 Å². The molecule has 24 heavy (non-hydrogen) atoms. The highest BCUT2D eigenvalue weighted by Crippen LogP contribution is 2.31. The Kier molecular flexibility index (Phi) is 5.12. The van der Waals surface area contributed by atoms with Crippen LogP contribution in [-0.4, -0.2) is 15.1 Å². The molecule has 0 fully saturated rings. The van der Waals surface area contributed by atoms with Crippen LogP contribution in [0.15, 0.2) is 77.7 Å². The summed E-state index contributed by atoms with van der Waals surface area (Å²) in [6.45, 7) is 2.04. The molecule has 0 saturated carbocycles. The molecule has 0 spiro atoms. The van der Waals surface area contributed by atoms with Gasteiger partial charge < -0.3 is 5.11 Å². The van der Waals surface area contributed by atoms with E-state index >= 15 is 0 Å². The van der Waals surface area contributed by atoms with E-state index in [0.717, 1.165) is 27.7 Å². The number of hydrogen-bond donors (Lipinski definition) is 1. The van der Waals surface area contributed by atoms with Crippen molar-refractivity contribution in [3.8, 4) is 0 Å². The second-order valence-electron chi connectivity index (χ2n) is 6.11. The normalized spacial score (nSPS) is 15.1. The maximum Gasteiger partial charge on any atom is 0.101 e. The summed E-state index contributed by atoms with van der Waals surface area (Å²) in [6.07, 6.45) is 1.42. The second kappa shape index (κ2) is 7.29. The lowest BCUT2D eigenvalue weighted by molar-refractivity contribution is 0.0513. The van der Waals surface area contributed by atoms with Crippen LogP contribution in [0.1, 0.15) is 25.3 Å². The zero-order chi connectivity index (χ0) is 17.0. The van der Waals surface area contributed by atoms with Crippen LogP contribution in [0.3, 0.4) is 0 Å². The lowest BCUT2D eigenvalue weighted by Gasteiger charge is -2.28. The lowest BCUT2D eigenvalue weighted by Crippen LogP contribution is -2.32. The Balaban J connectivity index is 1.97. The average molecular weight is 338 g/mol. The molecule has 3 rings (SSSR count). The average Bonchev–Trinajstić information content (AvgIpc) is 2.62. The molecule has 0 amide bonds. The van der Waals surface area contributed by atoms with Crippen molar-refractivity contribution in [3.63, 3.8) is 0 Å². The standard InChI is InChI=1S/C21H22O2S/c1-2-15-21(22,18-11-4-3-5-12-18)16-24(23)20-14-8-10-17-9-6-7-13-19(17)20/h3-14,22H,2,15-16H2,1H3/t21-,24-/m1/s1. The zero-order valence-electron chi connectivity index (χ0n) is 13.8. The monoisotopic (exact) mass is 338 g/mol. The van der Waals surface area contributed by atoms with E-state index in [1.54, 1.807) is 0 Å². The fraction of sp³-hybridized carbons (Fsp3) is 0.238. The summed E-state index contributed by atoms with van der Waals surface area (Å²) in [5.74, 6) is 0.207. The lowest BCUT2D eigenvalue weighted by atomic mass is 9.91.